The fourth-order valence-corrected chi connectivity index (χ4v) is 4.23. The first-order valence-electron chi connectivity index (χ1n) is 10.2. The standard InChI is InChI=1S/C26H22IN3O3/c1-32-24-14-17(15-29-30-26(31)21-11-4-5-12-23(21)28)13-22(27)25(24)33-16-19-9-6-8-18-7-2-3-10-20(18)19/h2-15H,16,28H2,1H3,(H,30,31)/b29-15-. The lowest BCUT2D eigenvalue weighted by molar-refractivity contribution is 0.0956. The predicted octanol–water partition coefficient (Wildman–Crippen LogP) is 5.38. The summed E-state index contributed by atoms with van der Waals surface area (Å²) in [6, 6.07) is 25.0. The number of amides is 1. The highest BCUT2D eigenvalue weighted by molar-refractivity contribution is 14.1. The van der Waals surface area contributed by atoms with Crippen molar-refractivity contribution < 1.29 is 14.3 Å². The Hall–Kier alpha value is -3.59. The van der Waals surface area contributed by atoms with Crippen LogP contribution in [0, 0.1) is 3.57 Å². The molecule has 166 valence electrons. The molecular weight excluding hydrogens is 529 g/mol. The number of rotatable bonds is 7. The van der Waals surface area contributed by atoms with E-state index in [1.807, 2.05) is 30.3 Å². The Kier molecular flexibility index (Phi) is 7.09. The van der Waals surface area contributed by atoms with E-state index >= 15 is 0 Å². The molecule has 0 heterocycles. The molecule has 33 heavy (non-hydrogen) atoms. The van der Waals surface area contributed by atoms with E-state index in [1.165, 1.54) is 5.39 Å². The van der Waals surface area contributed by atoms with E-state index in [9.17, 15) is 4.79 Å². The molecule has 3 N–H and O–H groups in total. The normalized spacial score (nSPS) is 11.0. The molecule has 0 unspecified atom stereocenters. The van der Waals surface area contributed by atoms with Crippen molar-refractivity contribution >= 4 is 51.2 Å². The molecule has 4 aromatic carbocycles. The number of hydrazone groups is 1. The Morgan fingerprint density at radius 2 is 1.82 bits per heavy atom. The number of anilines is 1. The zero-order valence-electron chi connectivity index (χ0n) is 17.9. The molecule has 1 amide bonds. The number of nitrogens with zero attached hydrogens (tertiary/aromatic N) is 1. The molecule has 4 rings (SSSR count). The van der Waals surface area contributed by atoms with Crippen molar-refractivity contribution in [2.45, 2.75) is 6.61 Å². The zero-order chi connectivity index (χ0) is 23.2. The summed E-state index contributed by atoms with van der Waals surface area (Å²) in [5.74, 6) is 0.868. The second kappa shape index (κ2) is 10.4. The zero-order valence-corrected chi connectivity index (χ0v) is 20.1. The molecule has 0 fully saturated rings. The van der Waals surface area contributed by atoms with Gasteiger partial charge in [0.05, 0.1) is 22.5 Å². The van der Waals surface area contributed by atoms with Gasteiger partial charge in [0.25, 0.3) is 5.91 Å². The molecule has 4 aromatic rings. The highest BCUT2D eigenvalue weighted by Crippen LogP contribution is 2.34. The summed E-state index contributed by atoms with van der Waals surface area (Å²) in [6.07, 6.45) is 1.55. The number of benzene rings is 4. The van der Waals surface area contributed by atoms with Gasteiger partial charge in [0, 0.05) is 5.69 Å². The molecule has 0 spiro atoms. The van der Waals surface area contributed by atoms with Gasteiger partial charge < -0.3 is 15.2 Å². The van der Waals surface area contributed by atoms with Gasteiger partial charge in [-0.25, -0.2) is 5.43 Å². The Morgan fingerprint density at radius 1 is 1.06 bits per heavy atom. The van der Waals surface area contributed by atoms with E-state index in [0.29, 0.717) is 29.4 Å². The minimum Gasteiger partial charge on any atom is -0.493 e. The molecule has 0 atom stereocenters. The van der Waals surface area contributed by atoms with Crippen LogP contribution in [-0.2, 0) is 6.61 Å². The van der Waals surface area contributed by atoms with Crippen molar-refractivity contribution in [1.82, 2.24) is 5.43 Å². The van der Waals surface area contributed by atoms with E-state index in [0.717, 1.165) is 20.1 Å². The third kappa shape index (κ3) is 5.25. The lowest BCUT2D eigenvalue weighted by Crippen LogP contribution is -2.19. The second-order valence-electron chi connectivity index (χ2n) is 7.25. The molecule has 0 saturated heterocycles. The van der Waals surface area contributed by atoms with Crippen LogP contribution in [0.1, 0.15) is 21.5 Å². The van der Waals surface area contributed by atoms with Gasteiger partial charge >= 0.3 is 0 Å². The van der Waals surface area contributed by atoms with Crippen LogP contribution >= 0.6 is 22.6 Å². The van der Waals surface area contributed by atoms with Crippen molar-refractivity contribution in [2.75, 3.05) is 12.8 Å². The summed E-state index contributed by atoms with van der Waals surface area (Å²) in [4.78, 5) is 12.3. The summed E-state index contributed by atoms with van der Waals surface area (Å²) < 4.78 is 12.6. The number of fused-ring (bicyclic) bond motifs is 1. The average molecular weight is 551 g/mol. The lowest BCUT2D eigenvalue weighted by Gasteiger charge is -2.14. The maximum Gasteiger partial charge on any atom is 0.273 e. The molecule has 0 aromatic heterocycles. The van der Waals surface area contributed by atoms with E-state index in [-0.39, 0.29) is 5.91 Å². The Morgan fingerprint density at radius 3 is 2.64 bits per heavy atom. The average Bonchev–Trinajstić information content (AvgIpc) is 2.83. The Balaban J connectivity index is 1.49. The first kappa shape index (κ1) is 22.6. The van der Waals surface area contributed by atoms with Crippen molar-refractivity contribution in [3.8, 4) is 11.5 Å². The van der Waals surface area contributed by atoms with Crippen molar-refractivity contribution in [2.24, 2.45) is 5.10 Å². The Bertz CT molecular complexity index is 1330. The van der Waals surface area contributed by atoms with Crippen LogP contribution < -0.4 is 20.6 Å². The number of para-hydroxylation sites is 1. The van der Waals surface area contributed by atoms with E-state index < -0.39 is 0 Å². The number of ether oxygens (including phenoxy) is 2. The number of methoxy groups -OCH3 is 1. The SMILES string of the molecule is COc1cc(/C=N\NC(=O)c2ccccc2N)cc(I)c1OCc1cccc2ccccc12. The van der Waals surface area contributed by atoms with Crippen LogP contribution in [0.4, 0.5) is 5.69 Å². The van der Waals surface area contributed by atoms with Crippen LogP contribution in [0.25, 0.3) is 10.8 Å². The van der Waals surface area contributed by atoms with Crippen molar-refractivity contribution in [3.05, 3.63) is 99.1 Å². The van der Waals surface area contributed by atoms with Gasteiger partial charge in [0.1, 0.15) is 6.61 Å². The van der Waals surface area contributed by atoms with Gasteiger partial charge in [0.2, 0.25) is 0 Å². The van der Waals surface area contributed by atoms with Crippen LogP contribution in [0.5, 0.6) is 11.5 Å². The Labute approximate surface area is 205 Å². The fourth-order valence-electron chi connectivity index (χ4n) is 3.45. The largest absolute Gasteiger partial charge is 0.493 e. The van der Waals surface area contributed by atoms with Gasteiger partial charge in [-0.2, -0.15) is 5.10 Å². The number of nitrogens with two attached hydrogens (primary N) is 1. The van der Waals surface area contributed by atoms with Crippen LogP contribution in [0.3, 0.4) is 0 Å². The molecule has 0 aliphatic rings. The molecule has 0 aliphatic heterocycles. The molecule has 0 aliphatic carbocycles. The summed E-state index contributed by atoms with van der Waals surface area (Å²) in [5, 5.41) is 6.39. The van der Waals surface area contributed by atoms with Gasteiger partial charge in [-0.05, 0) is 68.8 Å². The summed E-state index contributed by atoms with van der Waals surface area (Å²) >= 11 is 2.20. The lowest BCUT2D eigenvalue weighted by atomic mass is 10.1. The summed E-state index contributed by atoms with van der Waals surface area (Å²) in [5.41, 5.74) is 11.0. The fraction of sp³-hybridized carbons (Fsp3) is 0.0769. The van der Waals surface area contributed by atoms with E-state index in [4.69, 9.17) is 15.2 Å². The highest BCUT2D eigenvalue weighted by atomic mass is 127. The van der Waals surface area contributed by atoms with Crippen LogP contribution in [0.2, 0.25) is 0 Å². The molecule has 6 nitrogen and oxygen atoms in total. The van der Waals surface area contributed by atoms with Crippen molar-refractivity contribution in [3.63, 3.8) is 0 Å². The van der Waals surface area contributed by atoms with Gasteiger partial charge in [-0.15, -0.1) is 0 Å². The molecule has 7 heteroatoms. The first-order valence-corrected chi connectivity index (χ1v) is 11.3. The number of carbonyl (C=O) groups excluding carboxylic acids is 1. The maximum atomic E-state index is 12.3. The highest BCUT2D eigenvalue weighted by Gasteiger charge is 2.13. The predicted molar refractivity (Wildman–Crippen MR) is 140 cm³/mol. The topological polar surface area (TPSA) is 85.9 Å². The molecule has 0 saturated carbocycles. The summed E-state index contributed by atoms with van der Waals surface area (Å²) in [7, 11) is 1.59. The number of halogens is 1. The second-order valence-corrected chi connectivity index (χ2v) is 8.41. The molecular formula is C26H22IN3O3. The minimum absolute atomic E-state index is 0.374. The maximum absolute atomic E-state index is 12.3. The third-order valence-corrected chi connectivity index (χ3v) is 5.89. The minimum atomic E-state index is -0.374. The smallest absolute Gasteiger partial charge is 0.273 e. The van der Waals surface area contributed by atoms with Gasteiger partial charge in [0.15, 0.2) is 11.5 Å². The van der Waals surface area contributed by atoms with E-state index in [1.54, 1.807) is 37.6 Å². The quantitative estimate of drug-likeness (QED) is 0.140. The van der Waals surface area contributed by atoms with E-state index in [2.05, 4.69) is 57.4 Å². The number of nitrogen functional groups attached to an aromatic ring is 1. The van der Waals surface area contributed by atoms with Crippen LogP contribution in [0.15, 0.2) is 84.0 Å². The van der Waals surface area contributed by atoms with Crippen LogP contribution in [-0.4, -0.2) is 19.2 Å². The van der Waals surface area contributed by atoms with Crippen molar-refractivity contribution in [1.29, 1.82) is 0 Å². The molecule has 0 bridgehead atoms. The summed E-state index contributed by atoms with van der Waals surface area (Å²) in [6.45, 7) is 0.412. The molecule has 0 radical (unpaired) electrons. The van der Waals surface area contributed by atoms with Gasteiger partial charge in [-0.1, -0.05) is 54.6 Å². The number of hydrogen-bond acceptors (Lipinski definition) is 5. The first-order chi connectivity index (χ1) is 16.1. The third-order valence-electron chi connectivity index (χ3n) is 5.09. The van der Waals surface area contributed by atoms with Gasteiger partial charge in [-0.3, -0.25) is 4.79 Å². The number of nitrogens with one attached hydrogen (secondary N) is 1. The number of hydrogen-bond donors (Lipinski definition) is 2. The monoisotopic (exact) mass is 551 g/mol. The number of carbonyl (C=O) groups is 1.